The Kier molecular flexibility index (Phi) is 4.78. The highest BCUT2D eigenvalue weighted by molar-refractivity contribution is 6.11. The smallest absolute Gasteiger partial charge is 0.274 e. The maximum Gasteiger partial charge on any atom is 0.274 e. The Hall–Kier alpha value is -4.01. The second-order valence-corrected chi connectivity index (χ2v) is 7.00. The predicted octanol–water partition coefficient (Wildman–Crippen LogP) is 2.83. The van der Waals surface area contributed by atoms with Gasteiger partial charge in [-0.2, -0.15) is 5.10 Å². The zero-order valence-corrected chi connectivity index (χ0v) is 16.6. The first kappa shape index (κ1) is 19.3. The lowest BCUT2D eigenvalue weighted by molar-refractivity contribution is 0.0821. The largest absolute Gasteiger partial charge is 0.345 e. The molecule has 0 spiro atoms. The first-order valence-electron chi connectivity index (χ1n) is 9.13. The van der Waals surface area contributed by atoms with Crippen LogP contribution in [0.3, 0.4) is 0 Å². The van der Waals surface area contributed by atoms with Crippen LogP contribution in [-0.2, 0) is 7.05 Å². The van der Waals surface area contributed by atoms with Crippen molar-refractivity contribution in [2.45, 2.75) is 0 Å². The van der Waals surface area contributed by atoms with Gasteiger partial charge in [0, 0.05) is 50.9 Å². The van der Waals surface area contributed by atoms with E-state index in [-0.39, 0.29) is 23.0 Å². The molecule has 2 amide bonds. The van der Waals surface area contributed by atoms with Crippen LogP contribution in [0, 0.1) is 5.82 Å². The van der Waals surface area contributed by atoms with Crippen molar-refractivity contribution >= 4 is 23.1 Å². The highest BCUT2D eigenvalue weighted by atomic mass is 19.1. The van der Waals surface area contributed by atoms with E-state index in [4.69, 9.17) is 0 Å². The number of carbonyl (C=O) groups excluding carboxylic acids is 2. The number of fused-ring (bicyclic) bond motifs is 1. The number of anilines is 1. The molecule has 1 N–H and O–H groups in total. The third kappa shape index (κ3) is 3.52. The van der Waals surface area contributed by atoms with Gasteiger partial charge in [-0.05, 0) is 18.2 Å². The molecule has 0 aliphatic carbocycles. The summed E-state index contributed by atoms with van der Waals surface area (Å²) in [5, 5.41) is 6.82. The van der Waals surface area contributed by atoms with Crippen LogP contribution in [0.1, 0.15) is 20.8 Å². The molecule has 30 heavy (non-hydrogen) atoms. The van der Waals surface area contributed by atoms with Gasteiger partial charge in [0.05, 0.1) is 17.5 Å². The highest BCUT2D eigenvalue weighted by Crippen LogP contribution is 2.22. The number of benzene rings is 1. The lowest BCUT2D eigenvalue weighted by Gasteiger charge is -2.11. The van der Waals surface area contributed by atoms with Crippen molar-refractivity contribution < 1.29 is 14.0 Å². The molecule has 0 aliphatic rings. The van der Waals surface area contributed by atoms with E-state index in [2.05, 4.69) is 15.4 Å². The molecular formula is C21H19FN6O2. The van der Waals surface area contributed by atoms with Crippen LogP contribution in [0.25, 0.3) is 16.9 Å². The fraction of sp³-hybridized carbons (Fsp3) is 0.143. The molecule has 3 heterocycles. The molecule has 0 saturated carbocycles. The number of pyridine rings is 1. The average molecular weight is 406 g/mol. The summed E-state index contributed by atoms with van der Waals surface area (Å²) in [6.07, 6.45) is 4.90. The van der Waals surface area contributed by atoms with E-state index in [0.29, 0.717) is 22.6 Å². The van der Waals surface area contributed by atoms with E-state index in [9.17, 15) is 14.0 Å². The highest BCUT2D eigenvalue weighted by Gasteiger charge is 2.23. The molecule has 152 valence electrons. The van der Waals surface area contributed by atoms with Crippen LogP contribution in [0.2, 0.25) is 0 Å². The van der Waals surface area contributed by atoms with Crippen LogP contribution >= 0.6 is 0 Å². The SMILES string of the molecule is CN(C)C(=O)c1cnn(C)c1C(=O)Nc1ccn2cc(-c3cccc(F)c3)nc2c1. The predicted molar refractivity (Wildman–Crippen MR) is 110 cm³/mol. The minimum atomic E-state index is -0.457. The molecule has 4 rings (SSSR count). The number of hydrogen-bond donors (Lipinski definition) is 1. The van der Waals surface area contributed by atoms with E-state index in [1.807, 2.05) is 0 Å². The molecule has 0 unspecified atom stereocenters. The Bertz CT molecular complexity index is 1270. The van der Waals surface area contributed by atoms with Crippen molar-refractivity contribution in [1.29, 1.82) is 0 Å². The lowest BCUT2D eigenvalue weighted by atomic mass is 10.2. The maximum atomic E-state index is 13.5. The zero-order valence-electron chi connectivity index (χ0n) is 16.6. The number of aromatic nitrogens is 4. The van der Waals surface area contributed by atoms with E-state index in [1.54, 1.807) is 62.2 Å². The minimum absolute atomic E-state index is 0.164. The van der Waals surface area contributed by atoms with Crippen molar-refractivity contribution in [3.8, 4) is 11.3 Å². The molecule has 3 aromatic heterocycles. The van der Waals surface area contributed by atoms with Gasteiger partial charge in [0.25, 0.3) is 11.8 Å². The van der Waals surface area contributed by atoms with E-state index in [1.165, 1.54) is 27.9 Å². The zero-order chi connectivity index (χ0) is 21.4. The Balaban J connectivity index is 1.63. The van der Waals surface area contributed by atoms with Crippen molar-refractivity contribution in [3.05, 3.63) is 72.1 Å². The van der Waals surface area contributed by atoms with Crippen LogP contribution in [0.4, 0.5) is 10.1 Å². The fourth-order valence-corrected chi connectivity index (χ4v) is 3.14. The number of amides is 2. The van der Waals surface area contributed by atoms with Crippen molar-refractivity contribution in [1.82, 2.24) is 24.1 Å². The number of carbonyl (C=O) groups is 2. The summed E-state index contributed by atoms with van der Waals surface area (Å²) in [6, 6.07) is 9.60. The first-order valence-corrected chi connectivity index (χ1v) is 9.13. The van der Waals surface area contributed by atoms with Gasteiger partial charge in [0.15, 0.2) is 0 Å². The summed E-state index contributed by atoms with van der Waals surface area (Å²) in [5.41, 5.74) is 2.75. The maximum absolute atomic E-state index is 13.5. The van der Waals surface area contributed by atoms with Crippen LogP contribution in [-0.4, -0.2) is 50.0 Å². The molecule has 0 bridgehead atoms. The van der Waals surface area contributed by atoms with Crippen LogP contribution in [0.15, 0.2) is 55.0 Å². The molecule has 0 saturated heterocycles. The molecular weight excluding hydrogens is 387 g/mol. The van der Waals surface area contributed by atoms with Gasteiger partial charge in [0.2, 0.25) is 0 Å². The quantitative estimate of drug-likeness (QED) is 0.565. The summed E-state index contributed by atoms with van der Waals surface area (Å²) >= 11 is 0. The number of nitrogens with one attached hydrogen (secondary N) is 1. The molecule has 0 aliphatic heterocycles. The number of aryl methyl sites for hydroxylation is 1. The Morgan fingerprint density at radius 2 is 1.97 bits per heavy atom. The molecule has 0 fully saturated rings. The van der Waals surface area contributed by atoms with Crippen molar-refractivity contribution in [3.63, 3.8) is 0 Å². The van der Waals surface area contributed by atoms with E-state index >= 15 is 0 Å². The normalized spacial score (nSPS) is 10.9. The molecule has 8 nitrogen and oxygen atoms in total. The Morgan fingerprint density at radius 1 is 1.17 bits per heavy atom. The van der Waals surface area contributed by atoms with Gasteiger partial charge >= 0.3 is 0 Å². The summed E-state index contributed by atoms with van der Waals surface area (Å²) in [5.74, 6) is -1.10. The molecule has 0 atom stereocenters. The topological polar surface area (TPSA) is 84.5 Å². The van der Waals surface area contributed by atoms with E-state index in [0.717, 1.165) is 0 Å². The summed E-state index contributed by atoms with van der Waals surface area (Å²) in [7, 11) is 4.82. The number of halogens is 1. The minimum Gasteiger partial charge on any atom is -0.345 e. The number of nitrogens with zero attached hydrogens (tertiary/aromatic N) is 5. The molecule has 9 heteroatoms. The van der Waals surface area contributed by atoms with Gasteiger partial charge in [0.1, 0.15) is 17.2 Å². The second-order valence-electron chi connectivity index (χ2n) is 7.00. The number of hydrogen-bond acceptors (Lipinski definition) is 4. The lowest BCUT2D eigenvalue weighted by Crippen LogP contribution is -2.26. The van der Waals surface area contributed by atoms with Gasteiger partial charge in [-0.25, -0.2) is 9.37 Å². The monoisotopic (exact) mass is 406 g/mol. The standard InChI is InChI=1S/C21H19FN6O2/c1-26(2)21(30)16-11-23-27(3)19(16)20(29)24-15-7-8-28-12-17(25-18(28)10-15)13-5-4-6-14(22)9-13/h4-12H,1-3H3,(H,24,29). The first-order chi connectivity index (χ1) is 14.3. The average Bonchev–Trinajstić information content (AvgIpc) is 3.30. The summed E-state index contributed by atoms with van der Waals surface area (Å²) < 4.78 is 16.6. The van der Waals surface area contributed by atoms with Gasteiger partial charge in [-0.15, -0.1) is 0 Å². The summed E-state index contributed by atoms with van der Waals surface area (Å²) in [6.45, 7) is 0. The van der Waals surface area contributed by atoms with Crippen LogP contribution < -0.4 is 5.32 Å². The fourth-order valence-electron chi connectivity index (χ4n) is 3.14. The van der Waals surface area contributed by atoms with Crippen LogP contribution in [0.5, 0.6) is 0 Å². The number of imidazole rings is 1. The third-order valence-corrected chi connectivity index (χ3v) is 4.63. The second kappa shape index (κ2) is 7.43. The number of rotatable bonds is 4. The molecule has 1 aromatic carbocycles. The Labute approximate surface area is 171 Å². The van der Waals surface area contributed by atoms with Crippen molar-refractivity contribution in [2.75, 3.05) is 19.4 Å². The van der Waals surface area contributed by atoms with Crippen molar-refractivity contribution in [2.24, 2.45) is 7.05 Å². The van der Waals surface area contributed by atoms with Gasteiger partial charge in [-0.3, -0.25) is 14.3 Å². The molecule has 4 aromatic rings. The Morgan fingerprint density at radius 3 is 2.70 bits per heavy atom. The summed E-state index contributed by atoms with van der Waals surface area (Å²) in [4.78, 5) is 31.1. The molecule has 0 radical (unpaired) electrons. The van der Waals surface area contributed by atoms with Gasteiger partial charge < -0.3 is 14.6 Å². The van der Waals surface area contributed by atoms with Gasteiger partial charge in [-0.1, -0.05) is 12.1 Å². The third-order valence-electron chi connectivity index (χ3n) is 4.63. The van der Waals surface area contributed by atoms with E-state index < -0.39 is 5.91 Å².